The van der Waals surface area contributed by atoms with Crippen LogP contribution in [0.3, 0.4) is 0 Å². The van der Waals surface area contributed by atoms with Crippen molar-refractivity contribution in [3.63, 3.8) is 0 Å². The van der Waals surface area contributed by atoms with Gasteiger partial charge >= 0.3 is 0 Å². The number of aryl methyl sites for hydroxylation is 2. The average molecular weight is 390 g/mol. The van der Waals surface area contributed by atoms with Gasteiger partial charge in [-0.05, 0) is 46.0 Å². The lowest BCUT2D eigenvalue weighted by molar-refractivity contribution is 0.265. The lowest BCUT2D eigenvalue weighted by Gasteiger charge is -2.22. The summed E-state index contributed by atoms with van der Waals surface area (Å²) in [5.74, 6) is 3.90. The molecule has 3 heterocycles. The van der Waals surface area contributed by atoms with Crippen molar-refractivity contribution in [3.05, 3.63) is 11.6 Å². The highest BCUT2D eigenvalue weighted by molar-refractivity contribution is 5.80. The summed E-state index contributed by atoms with van der Waals surface area (Å²) in [6.45, 7) is 14.0. The number of nitrogens with one attached hydrogen (secondary N) is 2. The maximum Gasteiger partial charge on any atom is 0.191 e. The Kier molecular flexibility index (Phi) is 7.71. The zero-order chi connectivity index (χ0) is 19.9. The molecule has 0 saturated carbocycles. The first kappa shape index (κ1) is 21.1. The van der Waals surface area contributed by atoms with Gasteiger partial charge in [0.25, 0.3) is 0 Å². The van der Waals surface area contributed by atoms with Crippen LogP contribution in [-0.4, -0.2) is 63.9 Å². The molecule has 1 aromatic heterocycles. The molecule has 2 aliphatic rings. The van der Waals surface area contributed by atoms with Crippen molar-refractivity contribution in [1.82, 2.24) is 30.3 Å². The Morgan fingerprint density at radius 3 is 2.82 bits per heavy atom. The Labute approximate surface area is 170 Å². The molecule has 2 unspecified atom stereocenters. The zero-order valence-corrected chi connectivity index (χ0v) is 18.2. The molecule has 2 N–H and O–H groups in total. The first-order chi connectivity index (χ1) is 13.6. The van der Waals surface area contributed by atoms with Gasteiger partial charge in [-0.1, -0.05) is 13.3 Å². The van der Waals surface area contributed by atoms with E-state index in [0.29, 0.717) is 18.0 Å². The minimum atomic E-state index is 0.465. The van der Waals surface area contributed by atoms with E-state index in [2.05, 4.69) is 58.0 Å². The van der Waals surface area contributed by atoms with Crippen molar-refractivity contribution in [1.29, 1.82) is 0 Å². The van der Waals surface area contributed by atoms with Crippen LogP contribution in [0.15, 0.2) is 4.99 Å². The van der Waals surface area contributed by atoms with Crippen molar-refractivity contribution in [3.8, 4) is 0 Å². The van der Waals surface area contributed by atoms with Crippen molar-refractivity contribution in [2.45, 2.75) is 84.8 Å². The van der Waals surface area contributed by atoms with Crippen molar-refractivity contribution in [2.24, 2.45) is 10.9 Å². The van der Waals surface area contributed by atoms with Crippen LogP contribution in [0.1, 0.15) is 65.0 Å². The summed E-state index contributed by atoms with van der Waals surface area (Å²) in [6, 6.07) is 1.07. The largest absolute Gasteiger partial charge is 0.357 e. The minimum absolute atomic E-state index is 0.465. The second kappa shape index (κ2) is 10.2. The monoisotopic (exact) mass is 389 g/mol. The molecule has 158 valence electrons. The smallest absolute Gasteiger partial charge is 0.191 e. The van der Waals surface area contributed by atoms with Gasteiger partial charge in [0.05, 0.1) is 0 Å². The summed E-state index contributed by atoms with van der Waals surface area (Å²) in [6.07, 6.45) is 6.83. The van der Waals surface area contributed by atoms with E-state index in [1.807, 2.05) is 0 Å². The van der Waals surface area contributed by atoms with Crippen LogP contribution in [0.25, 0.3) is 0 Å². The molecule has 0 spiro atoms. The fourth-order valence-electron chi connectivity index (χ4n) is 4.27. The number of aliphatic imine (C=N–C) groups is 1. The highest BCUT2D eigenvalue weighted by atomic mass is 15.3. The molecular weight excluding hydrogens is 350 g/mol. The zero-order valence-electron chi connectivity index (χ0n) is 18.2. The van der Waals surface area contributed by atoms with Crippen LogP contribution in [0.2, 0.25) is 0 Å². The molecule has 28 heavy (non-hydrogen) atoms. The number of hydrogen-bond donors (Lipinski definition) is 2. The maximum absolute atomic E-state index is 4.83. The molecule has 0 aromatic carbocycles. The van der Waals surface area contributed by atoms with E-state index in [9.17, 15) is 0 Å². The number of nitrogens with zero attached hydrogens (tertiary/aromatic N) is 5. The van der Waals surface area contributed by atoms with E-state index in [1.165, 1.54) is 25.1 Å². The van der Waals surface area contributed by atoms with Crippen molar-refractivity contribution in [2.75, 3.05) is 26.2 Å². The van der Waals surface area contributed by atoms with Crippen molar-refractivity contribution >= 4 is 5.96 Å². The van der Waals surface area contributed by atoms with Gasteiger partial charge in [0.2, 0.25) is 0 Å². The van der Waals surface area contributed by atoms with Gasteiger partial charge in [-0.15, -0.1) is 10.2 Å². The number of fused-ring (bicyclic) bond motifs is 1. The normalized spacial score (nSPS) is 23.7. The van der Waals surface area contributed by atoms with Gasteiger partial charge in [0.15, 0.2) is 5.96 Å². The van der Waals surface area contributed by atoms with E-state index in [1.54, 1.807) is 0 Å². The van der Waals surface area contributed by atoms with Gasteiger partial charge in [-0.25, -0.2) is 0 Å². The van der Waals surface area contributed by atoms with E-state index in [4.69, 9.17) is 4.99 Å². The van der Waals surface area contributed by atoms with Crippen LogP contribution >= 0.6 is 0 Å². The van der Waals surface area contributed by atoms with Crippen molar-refractivity contribution < 1.29 is 0 Å². The molecule has 7 nitrogen and oxygen atoms in total. The third-order valence-corrected chi connectivity index (χ3v) is 6.05. The second-order valence-electron chi connectivity index (χ2n) is 8.63. The van der Waals surface area contributed by atoms with E-state index >= 15 is 0 Å². The number of aromatic nitrogens is 3. The van der Waals surface area contributed by atoms with Crippen LogP contribution in [-0.2, 0) is 19.4 Å². The van der Waals surface area contributed by atoms with Crippen LogP contribution in [0.4, 0.5) is 0 Å². The summed E-state index contributed by atoms with van der Waals surface area (Å²) in [5, 5.41) is 15.9. The molecule has 2 aliphatic heterocycles. The summed E-state index contributed by atoms with van der Waals surface area (Å²) in [5.41, 5.74) is 0. The molecule has 0 amide bonds. The quantitative estimate of drug-likeness (QED) is 0.425. The molecule has 0 aliphatic carbocycles. The Balaban J connectivity index is 1.50. The van der Waals surface area contributed by atoms with Crippen LogP contribution in [0, 0.1) is 5.92 Å². The molecule has 0 bridgehead atoms. The third-order valence-electron chi connectivity index (χ3n) is 6.05. The molecule has 1 fully saturated rings. The summed E-state index contributed by atoms with van der Waals surface area (Å²) in [4.78, 5) is 7.37. The first-order valence-corrected chi connectivity index (χ1v) is 11.3. The maximum atomic E-state index is 4.83. The minimum Gasteiger partial charge on any atom is -0.357 e. The van der Waals surface area contributed by atoms with Gasteiger partial charge in [0.1, 0.15) is 11.6 Å². The average Bonchev–Trinajstić information content (AvgIpc) is 3.13. The number of rotatable bonds is 7. The lowest BCUT2D eigenvalue weighted by Crippen LogP contribution is -2.46. The second-order valence-corrected chi connectivity index (χ2v) is 8.63. The SMILES string of the molecule is CCNC(=NCCCc1nnc2n1CCCCC2)NC1CN(C(C)C)CC1C. The molecule has 7 heteroatoms. The van der Waals surface area contributed by atoms with E-state index < -0.39 is 0 Å². The highest BCUT2D eigenvalue weighted by Crippen LogP contribution is 2.18. The Bertz CT molecular complexity index is 637. The van der Waals surface area contributed by atoms with Gasteiger partial charge in [-0.2, -0.15) is 0 Å². The van der Waals surface area contributed by atoms with Gasteiger partial charge in [0, 0.05) is 57.6 Å². The fraction of sp³-hybridized carbons (Fsp3) is 0.857. The van der Waals surface area contributed by atoms with Crippen LogP contribution in [0.5, 0.6) is 0 Å². The first-order valence-electron chi connectivity index (χ1n) is 11.3. The summed E-state index contributed by atoms with van der Waals surface area (Å²) in [7, 11) is 0. The molecule has 2 atom stereocenters. The molecular formula is C21H39N7. The standard InChI is InChI=1S/C21H39N7/c1-5-22-21(24-18-15-27(16(2)3)14-17(18)4)23-12-9-11-20-26-25-19-10-7-6-8-13-28(19)20/h16-18H,5-15H2,1-4H3,(H2,22,23,24). The van der Waals surface area contributed by atoms with E-state index in [0.717, 1.165) is 63.8 Å². The van der Waals surface area contributed by atoms with Crippen LogP contribution < -0.4 is 10.6 Å². The lowest BCUT2D eigenvalue weighted by atomic mass is 10.1. The topological polar surface area (TPSA) is 70.4 Å². The molecule has 3 rings (SSSR count). The number of likely N-dealkylation sites (tertiary alicyclic amines) is 1. The Hall–Kier alpha value is -1.63. The predicted molar refractivity (Wildman–Crippen MR) is 115 cm³/mol. The Morgan fingerprint density at radius 1 is 1.21 bits per heavy atom. The highest BCUT2D eigenvalue weighted by Gasteiger charge is 2.31. The van der Waals surface area contributed by atoms with Gasteiger partial charge < -0.3 is 15.2 Å². The predicted octanol–water partition coefficient (Wildman–Crippen LogP) is 2.22. The van der Waals surface area contributed by atoms with E-state index in [-0.39, 0.29) is 0 Å². The third kappa shape index (κ3) is 5.46. The molecule has 1 saturated heterocycles. The Morgan fingerprint density at radius 2 is 2.07 bits per heavy atom. The molecule has 1 aromatic rings. The van der Waals surface area contributed by atoms with Gasteiger partial charge in [-0.3, -0.25) is 9.89 Å². The summed E-state index contributed by atoms with van der Waals surface area (Å²) >= 11 is 0. The number of guanidine groups is 1. The fourth-order valence-corrected chi connectivity index (χ4v) is 4.27. The molecule has 0 radical (unpaired) electrons. The number of hydrogen-bond acceptors (Lipinski definition) is 4. The summed E-state index contributed by atoms with van der Waals surface area (Å²) < 4.78 is 2.35.